The van der Waals surface area contributed by atoms with Gasteiger partial charge in [-0.2, -0.15) is 5.10 Å². The van der Waals surface area contributed by atoms with Crippen LogP contribution in [-0.4, -0.2) is 14.8 Å². The third kappa shape index (κ3) is 3.58. The SMILES string of the molecule is C(#Cc1ccccn1)CCn1cc(-c2ccccc2)cn1. The van der Waals surface area contributed by atoms with Gasteiger partial charge in [0.1, 0.15) is 5.69 Å². The van der Waals surface area contributed by atoms with E-state index in [0.29, 0.717) is 0 Å². The molecule has 0 aliphatic carbocycles. The zero-order chi connectivity index (χ0) is 14.3. The second-order valence-corrected chi connectivity index (χ2v) is 4.62. The largest absolute Gasteiger partial charge is 0.271 e. The Morgan fingerprint density at radius 3 is 2.62 bits per heavy atom. The molecule has 3 aromatic rings. The molecule has 102 valence electrons. The van der Waals surface area contributed by atoms with E-state index in [2.05, 4.69) is 40.3 Å². The van der Waals surface area contributed by atoms with E-state index in [1.807, 2.05) is 47.3 Å². The molecule has 0 N–H and O–H groups in total. The lowest BCUT2D eigenvalue weighted by atomic mass is 10.1. The summed E-state index contributed by atoms with van der Waals surface area (Å²) in [6.45, 7) is 0.784. The van der Waals surface area contributed by atoms with Gasteiger partial charge in [-0.3, -0.25) is 4.68 Å². The van der Waals surface area contributed by atoms with E-state index in [4.69, 9.17) is 0 Å². The Morgan fingerprint density at radius 2 is 1.81 bits per heavy atom. The molecule has 1 aromatic carbocycles. The molecule has 2 heterocycles. The summed E-state index contributed by atoms with van der Waals surface area (Å²) in [7, 11) is 0. The molecule has 0 atom stereocenters. The van der Waals surface area contributed by atoms with Crippen molar-refractivity contribution in [2.75, 3.05) is 0 Å². The van der Waals surface area contributed by atoms with E-state index in [1.165, 1.54) is 5.56 Å². The number of hydrogen-bond acceptors (Lipinski definition) is 2. The second-order valence-electron chi connectivity index (χ2n) is 4.62. The summed E-state index contributed by atoms with van der Waals surface area (Å²) in [4.78, 5) is 4.17. The lowest BCUT2D eigenvalue weighted by Crippen LogP contribution is -1.96. The number of aryl methyl sites for hydroxylation is 1. The van der Waals surface area contributed by atoms with Crippen LogP contribution in [0.3, 0.4) is 0 Å². The monoisotopic (exact) mass is 273 g/mol. The number of pyridine rings is 1. The predicted octanol–water partition coefficient (Wildman–Crippen LogP) is 3.39. The Labute approximate surface area is 124 Å². The molecule has 2 aromatic heterocycles. The zero-order valence-electron chi connectivity index (χ0n) is 11.6. The lowest BCUT2D eigenvalue weighted by molar-refractivity contribution is 0.630. The van der Waals surface area contributed by atoms with E-state index < -0.39 is 0 Å². The summed E-state index contributed by atoms with van der Waals surface area (Å²) in [6.07, 6.45) is 6.45. The smallest absolute Gasteiger partial charge is 0.113 e. The Hall–Kier alpha value is -2.86. The topological polar surface area (TPSA) is 30.7 Å². The van der Waals surface area contributed by atoms with Gasteiger partial charge < -0.3 is 0 Å². The Bertz CT molecular complexity index is 749. The highest BCUT2D eigenvalue weighted by molar-refractivity contribution is 5.61. The lowest BCUT2D eigenvalue weighted by Gasteiger charge is -1.96. The molecule has 0 aliphatic rings. The van der Waals surface area contributed by atoms with Crippen molar-refractivity contribution in [3.63, 3.8) is 0 Å². The van der Waals surface area contributed by atoms with Gasteiger partial charge in [-0.25, -0.2) is 4.98 Å². The maximum atomic E-state index is 4.37. The maximum Gasteiger partial charge on any atom is 0.113 e. The van der Waals surface area contributed by atoms with Crippen molar-refractivity contribution in [2.45, 2.75) is 13.0 Å². The fraction of sp³-hybridized carbons (Fsp3) is 0.111. The van der Waals surface area contributed by atoms with E-state index in [-0.39, 0.29) is 0 Å². The van der Waals surface area contributed by atoms with Crippen molar-refractivity contribution in [3.8, 4) is 23.0 Å². The summed E-state index contributed by atoms with van der Waals surface area (Å²) < 4.78 is 1.93. The van der Waals surface area contributed by atoms with Crippen LogP contribution < -0.4 is 0 Å². The molecule has 0 spiro atoms. The molecule has 0 radical (unpaired) electrons. The van der Waals surface area contributed by atoms with E-state index in [0.717, 1.165) is 24.2 Å². The third-order valence-electron chi connectivity index (χ3n) is 3.09. The van der Waals surface area contributed by atoms with Crippen LogP contribution in [0, 0.1) is 11.8 Å². The van der Waals surface area contributed by atoms with Gasteiger partial charge in [-0.1, -0.05) is 42.3 Å². The van der Waals surface area contributed by atoms with Crippen molar-refractivity contribution < 1.29 is 0 Å². The van der Waals surface area contributed by atoms with Crippen molar-refractivity contribution in [2.24, 2.45) is 0 Å². The average molecular weight is 273 g/mol. The molecule has 0 aliphatic heterocycles. The minimum atomic E-state index is 0.756. The van der Waals surface area contributed by atoms with Gasteiger partial charge in [0, 0.05) is 24.4 Å². The fourth-order valence-corrected chi connectivity index (χ4v) is 2.03. The molecule has 21 heavy (non-hydrogen) atoms. The molecule has 3 nitrogen and oxygen atoms in total. The van der Waals surface area contributed by atoms with Gasteiger partial charge in [-0.05, 0) is 23.6 Å². The van der Waals surface area contributed by atoms with Gasteiger partial charge >= 0.3 is 0 Å². The first-order valence-corrected chi connectivity index (χ1v) is 6.89. The van der Waals surface area contributed by atoms with Crippen LogP contribution in [0.1, 0.15) is 12.1 Å². The maximum absolute atomic E-state index is 4.37. The van der Waals surface area contributed by atoms with E-state index >= 15 is 0 Å². The average Bonchev–Trinajstić information content (AvgIpc) is 3.02. The van der Waals surface area contributed by atoms with Crippen LogP contribution in [0.25, 0.3) is 11.1 Å². The summed E-state index contributed by atoms with van der Waals surface area (Å²) >= 11 is 0. The van der Waals surface area contributed by atoms with Crippen LogP contribution in [0.5, 0.6) is 0 Å². The molecule has 0 saturated carbocycles. The molecule has 3 heteroatoms. The van der Waals surface area contributed by atoms with Crippen molar-refractivity contribution in [1.29, 1.82) is 0 Å². The molecule has 0 bridgehead atoms. The van der Waals surface area contributed by atoms with Gasteiger partial charge in [0.2, 0.25) is 0 Å². The van der Waals surface area contributed by atoms with Crippen LogP contribution >= 0.6 is 0 Å². The minimum Gasteiger partial charge on any atom is -0.271 e. The molecule has 0 amide bonds. The molecular weight excluding hydrogens is 258 g/mol. The van der Waals surface area contributed by atoms with Gasteiger partial charge in [0.05, 0.1) is 12.7 Å². The fourth-order valence-electron chi connectivity index (χ4n) is 2.03. The highest BCUT2D eigenvalue weighted by atomic mass is 15.3. The standard InChI is InChI=1S/C18H15N3/c1-2-8-16(9-3-1)17-14-20-21(15-17)13-7-5-11-18-10-4-6-12-19-18/h1-4,6,8-10,12,14-15H,7,13H2. The number of aromatic nitrogens is 3. The van der Waals surface area contributed by atoms with Crippen LogP contribution in [-0.2, 0) is 6.54 Å². The predicted molar refractivity (Wildman–Crippen MR) is 83.4 cm³/mol. The summed E-state index contributed by atoms with van der Waals surface area (Å²) in [5, 5.41) is 4.37. The van der Waals surface area contributed by atoms with Crippen molar-refractivity contribution in [1.82, 2.24) is 14.8 Å². The first-order valence-electron chi connectivity index (χ1n) is 6.89. The Morgan fingerprint density at radius 1 is 0.952 bits per heavy atom. The number of hydrogen-bond donors (Lipinski definition) is 0. The first-order chi connectivity index (χ1) is 10.4. The van der Waals surface area contributed by atoms with E-state index in [1.54, 1.807) is 6.20 Å². The van der Waals surface area contributed by atoms with Gasteiger partial charge in [0.15, 0.2) is 0 Å². The van der Waals surface area contributed by atoms with Crippen molar-refractivity contribution in [3.05, 3.63) is 72.8 Å². The summed E-state index contributed by atoms with van der Waals surface area (Å²) in [5.74, 6) is 6.18. The van der Waals surface area contributed by atoms with E-state index in [9.17, 15) is 0 Å². The van der Waals surface area contributed by atoms with Gasteiger partial charge in [-0.15, -0.1) is 0 Å². The van der Waals surface area contributed by atoms with Crippen LogP contribution in [0.15, 0.2) is 67.1 Å². The third-order valence-corrected chi connectivity index (χ3v) is 3.09. The van der Waals surface area contributed by atoms with Crippen LogP contribution in [0.4, 0.5) is 0 Å². The second kappa shape index (κ2) is 6.53. The van der Waals surface area contributed by atoms with Crippen molar-refractivity contribution >= 4 is 0 Å². The Kier molecular flexibility index (Phi) is 4.09. The zero-order valence-corrected chi connectivity index (χ0v) is 11.6. The minimum absolute atomic E-state index is 0.756. The quantitative estimate of drug-likeness (QED) is 0.685. The Balaban J connectivity index is 1.60. The first kappa shape index (κ1) is 13.1. The normalized spacial score (nSPS) is 9.90. The molecule has 0 saturated heterocycles. The number of nitrogens with zero attached hydrogens (tertiary/aromatic N) is 3. The molecular formula is C18H15N3. The summed E-state index contributed by atoms with van der Waals surface area (Å²) in [5.41, 5.74) is 3.12. The highest BCUT2D eigenvalue weighted by Gasteiger charge is 2.00. The molecule has 0 unspecified atom stereocenters. The van der Waals surface area contributed by atoms with Crippen LogP contribution in [0.2, 0.25) is 0 Å². The molecule has 0 fully saturated rings. The van der Waals surface area contributed by atoms with Gasteiger partial charge in [0.25, 0.3) is 0 Å². The summed E-state index contributed by atoms with van der Waals surface area (Å²) in [6, 6.07) is 16.0. The molecule has 3 rings (SSSR count). The number of benzene rings is 1. The highest BCUT2D eigenvalue weighted by Crippen LogP contribution is 2.17. The number of rotatable bonds is 3.